The Morgan fingerprint density at radius 1 is 0.972 bits per heavy atom. The highest BCUT2D eigenvalue weighted by Gasteiger charge is 2.22. The van der Waals surface area contributed by atoms with E-state index in [0.29, 0.717) is 30.3 Å². The summed E-state index contributed by atoms with van der Waals surface area (Å²) in [6.07, 6.45) is 6.65. The van der Waals surface area contributed by atoms with Crippen LogP contribution in [0, 0.1) is 11.6 Å². The van der Waals surface area contributed by atoms with E-state index < -0.39 is 11.6 Å². The van der Waals surface area contributed by atoms with Gasteiger partial charge in [0.1, 0.15) is 11.6 Å². The van der Waals surface area contributed by atoms with Crippen molar-refractivity contribution in [2.45, 2.75) is 44.9 Å². The number of aromatic nitrogens is 2. The van der Waals surface area contributed by atoms with E-state index >= 15 is 0 Å². The lowest BCUT2D eigenvalue weighted by molar-refractivity contribution is 0.252. The van der Waals surface area contributed by atoms with E-state index in [2.05, 4.69) is 33.3 Å². The van der Waals surface area contributed by atoms with Crippen LogP contribution < -0.4 is 14.8 Å². The highest BCUT2D eigenvalue weighted by atomic mass is 19.1. The molecule has 0 saturated carbocycles. The molecule has 3 aromatic rings. The van der Waals surface area contributed by atoms with Crippen LogP contribution in [0.3, 0.4) is 0 Å². The Balaban J connectivity index is 1.42. The first-order valence-corrected chi connectivity index (χ1v) is 12.4. The smallest absolute Gasteiger partial charge is 0.227 e. The third kappa shape index (κ3) is 5.75. The Bertz CT molecular complexity index is 1150. The van der Waals surface area contributed by atoms with Crippen LogP contribution in [0.1, 0.15) is 47.9 Å². The van der Waals surface area contributed by atoms with Crippen molar-refractivity contribution in [2.75, 3.05) is 39.7 Å². The molecule has 2 heterocycles. The minimum Gasteiger partial charge on any atom is -0.496 e. The fraction of sp³-hybridized carbons (Fsp3) is 0.429. The van der Waals surface area contributed by atoms with Crippen molar-refractivity contribution in [3.05, 3.63) is 70.5 Å². The van der Waals surface area contributed by atoms with E-state index in [1.165, 1.54) is 18.7 Å². The van der Waals surface area contributed by atoms with E-state index in [0.717, 1.165) is 42.9 Å². The SMILES string of the molecule is CCc1cc(OC)c(F)c(CCc2cnc(Nc3ccc(C4CCN(C)CC4)c(OC)c3)nc2)c1F. The highest BCUT2D eigenvalue weighted by Crippen LogP contribution is 2.36. The van der Waals surface area contributed by atoms with Crippen LogP contribution >= 0.6 is 0 Å². The zero-order valence-electron chi connectivity index (χ0n) is 21.4. The van der Waals surface area contributed by atoms with Gasteiger partial charge in [-0.1, -0.05) is 13.0 Å². The maximum atomic E-state index is 14.7. The molecule has 8 heteroatoms. The van der Waals surface area contributed by atoms with Crippen molar-refractivity contribution >= 4 is 11.6 Å². The first-order valence-electron chi connectivity index (χ1n) is 12.4. The van der Waals surface area contributed by atoms with Crippen LogP contribution in [0.5, 0.6) is 11.5 Å². The van der Waals surface area contributed by atoms with Gasteiger partial charge < -0.3 is 19.7 Å². The summed E-state index contributed by atoms with van der Waals surface area (Å²) in [5.74, 6) is 0.709. The van der Waals surface area contributed by atoms with Crippen LogP contribution in [0.15, 0.2) is 36.7 Å². The molecule has 6 nitrogen and oxygen atoms in total. The Morgan fingerprint density at radius 2 is 1.67 bits per heavy atom. The standard InChI is InChI=1S/C28H34F2N4O2/c1-5-19-14-25(36-4)27(30)23(26(19)29)8-6-18-16-31-28(32-17-18)33-21-7-9-22(24(15-21)35-3)20-10-12-34(2)13-11-20/h7,9,14-17,20H,5-6,8,10-13H2,1-4H3,(H,31,32,33). The second-order valence-electron chi connectivity index (χ2n) is 9.27. The van der Waals surface area contributed by atoms with Crippen molar-refractivity contribution in [1.29, 1.82) is 0 Å². The molecule has 2 aromatic carbocycles. The summed E-state index contributed by atoms with van der Waals surface area (Å²) in [4.78, 5) is 11.1. The highest BCUT2D eigenvalue weighted by molar-refractivity contribution is 5.58. The third-order valence-corrected chi connectivity index (χ3v) is 6.95. The van der Waals surface area contributed by atoms with Crippen molar-refractivity contribution in [1.82, 2.24) is 14.9 Å². The minimum absolute atomic E-state index is 0.0326. The molecule has 0 atom stereocenters. The predicted octanol–water partition coefficient (Wildman–Crippen LogP) is 5.67. The van der Waals surface area contributed by atoms with Crippen molar-refractivity contribution in [2.24, 2.45) is 0 Å². The van der Waals surface area contributed by atoms with Gasteiger partial charge in [0.25, 0.3) is 0 Å². The third-order valence-electron chi connectivity index (χ3n) is 6.95. The molecule has 1 aromatic heterocycles. The topological polar surface area (TPSA) is 59.5 Å². The second-order valence-corrected chi connectivity index (χ2v) is 9.27. The molecule has 36 heavy (non-hydrogen) atoms. The maximum Gasteiger partial charge on any atom is 0.227 e. The Morgan fingerprint density at radius 3 is 2.31 bits per heavy atom. The van der Waals surface area contributed by atoms with Crippen LogP contribution in [0.25, 0.3) is 0 Å². The van der Waals surface area contributed by atoms with Crippen LogP contribution in [-0.4, -0.2) is 49.2 Å². The largest absolute Gasteiger partial charge is 0.496 e. The van der Waals surface area contributed by atoms with Crippen LogP contribution in [0.4, 0.5) is 20.4 Å². The van der Waals surface area contributed by atoms with E-state index in [1.807, 2.05) is 19.1 Å². The van der Waals surface area contributed by atoms with E-state index in [-0.39, 0.29) is 17.7 Å². The van der Waals surface area contributed by atoms with Gasteiger partial charge in [0.05, 0.1) is 14.2 Å². The fourth-order valence-corrected chi connectivity index (χ4v) is 4.74. The minimum atomic E-state index is -0.649. The number of aryl methyl sites for hydroxylation is 2. The first kappa shape index (κ1) is 25.8. The van der Waals surface area contributed by atoms with Crippen molar-refractivity contribution < 1.29 is 18.3 Å². The van der Waals surface area contributed by atoms with Gasteiger partial charge in [-0.15, -0.1) is 0 Å². The molecule has 0 radical (unpaired) electrons. The molecule has 0 bridgehead atoms. The second kappa shape index (κ2) is 11.6. The van der Waals surface area contributed by atoms with E-state index in [1.54, 1.807) is 19.5 Å². The summed E-state index contributed by atoms with van der Waals surface area (Å²) >= 11 is 0. The zero-order chi connectivity index (χ0) is 25.7. The number of halogens is 2. The number of rotatable bonds is 9. The molecular weight excluding hydrogens is 462 g/mol. The molecule has 0 unspecified atom stereocenters. The molecule has 1 aliphatic heterocycles. The van der Waals surface area contributed by atoms with Crippen LogP contribution in [-0.2, 0) is 19.3 Å². The molecule has 4 rings (SSSR count). The van der Waals surface area contributed by atoms with Gasteiger partial charge >= 0.3 is 0 Å². The van der Waals surface area contributed by atoms with Crippen molar-refractivity contribution in [3.8, 4) is 11.5 Å². The molecule has 192 valence electrons. The van der Waals surface area contributed by atoms with Gasteiger partial charge in [0, 0.05) is 29.7 Å². The molecule has 1 N–H and O–H groups in total. The Labute approximate surface area is 211 Å². The number of nitrogens with zero attached hydrogens (tertiary/aromatic N) is 3. The lowest BCUT2D eigenvalue weighted by atomic mass is 9.89. The summed E-state index contributed by atoms with van der Waals surface area (Å²) in [5.41, 5.74) is 3.33. The molecule has 0 spiro atoms. The van der Waals surface area contributed by atoms with E-state index in [4.69, 9.17) is 9.47 Å². The number of methoxy groups -OCH3 is 2. The lowest BCUT2D eigenvalue weighted by Crippen LogP contribution is -2.29. The monoisotopic (exact) mass is 496 g/mol. The number of ether oxygens (including phenoxy) is 2. The number of nitrogens with one attached hydrogen (secondary N) is 1. The summed E-state index contributed by atoms with van der Waals surface area (Å²) in [5, 5.41) is 3.22. The van der Waals surface area contributed by atoms with E-state index in [9.17, 15) is 8.78 Å². The average Bonchev–Trinajstić information content (AvgIpc) is 2.90. The first-order chi connectivity index (χ1) is 17.4. The molecule has 0 aliphatic carbocycles. The van der Waals surface area contributed by atoms with Gasteiger partial charge in [0.2, 0.25) is 5.95 Å². The van der Waals surface area contributed by atoms with Crippen LogP contribution in [0.2, 0.25) is 0 Å². The predicted molar refractivity (Wildman–Crippen MR) is 137 cm³/mol. The van der Waals surface area contributed by atoms with Crippen molar-refractivity contribution in [3.63, 3.8) is 0 Å². The molecule has 1 aliphatic rings. The van der Waals surface area contributed by atoms with Gasteiger partial charge in [-0.05, 0) is 87.0 Å². The number of benzene rings is 2. The molecule has 0 amide bonds. The zero-order valence-corrected chi connectivity index (χ0v) is 21.4. The van der Waals surface area contributed by atoms with Gasteiger partial charge in [0.15, 0.2) is 11.6 Å². The summed E-state index contributed by atoms with van der Waals surface area (Å²) < 4.78 is 40.2. The molecule has 1 fully saturated rings. The normalized spacial score (nSPS) is 14.6. The van der Waals surface area contributed by atoms with Gasteiger partial charge in [-0.25, -0.2) is 18.7 Å². The summed E-state index contributed by atoms with van der Waals surface area (Å²) in [6.45, 7) is 4.01. The number of piperidine rings is 1. The Hall–Kier alpha value is -3.26. The quantitative estimate of drug-likeness (QED) is 0.412. The lowest BCUT2D eigenvalue weighted by Gasteiger charge is -2.30. The average molecular weight is 497 g/mol. The number of anilines is 2. The van der Waals surface area contributed by atoms with Gasteiger partial charge in [-0.3, -0.25) is 0 Å². The Kier molecular flexibility index (Phi) is 8.36. The number of likely N-dealkylation sites (tertiary alicyclic amines) is 1. The fourth-order valence-electron chi connectivity index (χ4n) is 4.74. The van der Waals surface area contributed by atoms with Gasteiger partial charge in [-0.2, -0.15) is 0 Å². The number of hydrogen-bond donors (Lipinski definition) is 1. The summed E-state index contributed by atoms with van der Waals surface area (Å²) in [6, 6.07) is 7.54. The molecular formula is C28H34F2N4O2. The summed E-state index contributed by atoms with van der Waals surface area (Å²) in [7, 11) is 5.24. The number of hydrogen-bond acceptors (Lipinski definition) is 6. The maximum absolute atomic E-state index is 14.7. The molecule has 1 saturated heterocycles.